The first-order chi connectivity index (χ1) is 10.4. The van der Waals surface area contributed by atoms with Gasteiger partial charge in [0.25, 0.3) is 0 Å². The molecule has 116 valence electrons. The van der Waals surface area contributed by atoms with Crippen LogP contribution >= 0.6 is 11.6 Å². The average Bonchev–Trinajstić information content (AvgIpc) is 2.47. The number of nitrogens with zero attached hydrogens (tertiary/aromatic N) is 4. The van der Waals surface area contributed by atoms with E-state index in [-0.39, 0.29) is 17.3 Å². The van der Waals surface area contributed by atoms with Gasteiger partial charge in [0.1, 0.15) is 12.1 Å². The van der Waals surface area contributed by atoms with Crippen LogP contribution in [0.15, 0.2) is 24.5 Å². The van der Waals surface area contributed by atoms with Gasteiger partial charge in [-0.25, -0.2) is 9.97 Å². The molecule has 1 aromatic heterocycles. The van der Waals surface area contributed by atoms with Crippen LogP contribution in [0, 0.1) is 10.1 Å². The Morgan fingerprint density at radius 1 is 1.36 bits per heavy atom. The molecule has 0 aliphatic rings. The summed E-state index contributed by atoms with van der Waals surface area (Å²) in [5.41, 5.74) is 0.246. The summed E-state index contributed by atoms with van der Waals surface area (Å²) in [5.74, 6) is 0.747. The first kappa shape index (κ1) is 15.8. The number of rotatable bonds is 5. The summed E-state index contributed by atoms with van der Waals surface area (Å²) < 4.78 is 5.21. The van der Waals surface area contributed by atoms with Crippen molar-refractivity contribution in [3.8, 4) is 5.75 Å². The van der Waals surface area contributed by atoms with E-state index in [0.717, 1.165) is 0 Å². The molecule has 1 heterocycles. The Bertz CT molecular complexity index is 708. The van der Waals surface area contributed by atoms with E-state index in [0.29, 0.717) is 16.5 Å². The van der Waals surface area contributed by atoms with Crippen LogP contribution in [0.25, 0.3) is 0 Å². The smallest absolute Gasteiger partial charge is 0.353 e. The van der Waals surface area contributed by atoms with E-state index in [4.69, 9.17) is 16.3 Å². The third-order valence-corrected chi connectivity index (χ3v) is 3.06. The van der Waals surface area contributed by atoms with Gasteiger partial charge in [0, 0.05) is 19.1 Å². The lowest BCUT2D eigenvalue weighted by atomic mass is 10.3. The van der Waals surface area contributed by atoms with Gasteiger partial charge in [-0.05, 0) is 18.2 Å². The second-order valence-electron chi connectivity index (χ2n) is 4.52. The zero-order valence-electron chi connectivity index (χ0n) is 12.2. The predicted octanol–water partition coefficient (Wildman–Crippen LogP) is 2.86. The van der Waals surface area contributed by atoms with Crippen molar-refractivity contribution in [1.29, 1.82) is 0 Å². The molecule has 0 fully saturated rings. The fourth-order valence-electron chi connectivity index (χ4n) is 1.86. The zero-order valence-corrected chi connectivity index (χ0v) is 13.0. The Hall–Kier alpha value is -2.61. The summed E-state index contributed by atoms with van der Waals surface area (Å²) in [5, 5.41) is 14.7. The number of aromatic nitrogens is 2. The van der Waals surface area contributed by atoms with Gasteiger partial charge in [-0.3, -0.25) is 10.1 Å². The molecule has 22 heavy (non-hydrogen) atoms. The third kappa shape index (κ3) is 3.17. The summed E-state index contributed by atoms with van der Waals surface area (Å²) in [6.07, 6.45) is 1.25. The number of hydrogen-bond donors (Lipinski definition) is 1. The zero-order chi connectivity index (χ0) is 16.3. The highest BCUT2D eigenvalue weighted by atomic mass is 35.5. The summed E-state index contributed by atoms with van der Waals surface area (Å²) in [7, 11) is 4.83. The molecule has 0 unspecified atom stereocenters. The van der Waals surface area contributed by atoms with Crippen molar-refractivity contribution < 1.29 is 9.66 Å². The maximum Gasteiger partial charge on any atom is 0.353 e. The standard InChI is InChI=1S/C13H14ClN5O3/c1-18(2)13-11(19(20)21)12(15-7-16-13)17-9-6-8(14)4-5-10(9)22-3/h4-7H,1-3H3,(H,15,16,17). The quantitative estimate of drug-likeness (QED) is 0.667. The Morgan fingerprint density at radius 2 is 2.09 bits per heavy atom. The SMILES string of the molecule is COc1ccc(Cl)cc1Nc1ncnc(N(C)C)c1[N+](=O)[O-]. The van der Waals surface area contributed by atoms with Gasteiger partial charge in [0.05, 0.1) is 17.7 Å². The second-order valence-corrected chi connectivity index (χ2v) is 4.95. The Balaban J connectivity index is 2.52. The monoisotopic (exact) mass is 323 g/mol. The number of halogens is 1. The first-order valence-electron chi connectivity index (χ1n) is 6.21. The van der Waals surface area contributed by atoms with Crippen molar-refractivity contribution in [3.05, 3.63) is 39.7 Å². The Labute approximate surface area is 131 Å². The lowest BCUT2D eigenvalue weighted by Crippen LogP contribution is -2.14. The van der Waals surface area contributed by atoms with E-state index in [1.54, 1.807) is 37.2 Å². The summed E-state index contributed by atoms with van der Waals surface area (Å²) in [6, 6.07) is 4.91. The minimum atomic E-state index is -0.533. The minimum Gasteiger partial charge on any atom is -0.495 e. The number of ether oxygens (including phenoxy) is 1. The lowest BCUT2D eigenvalue weighted by molar-refractivity contribution is -0.383. The van der Waals surface area contributed by atoms with Crippen molar-refractivity contribution in [1.82, 2.24) is 9.97 Å². The van der Waals surface area contributed by atoms with Gasteiger partial charge in [0.2, 0.25) is 11.6 Å². The molecule has 0 radical (unpaired) electrons. The van der Waals surface area contributed by atoms with Crippen LogP contribution in [0.1, 0.15) is 0 Å². The molecule has 0 bridgehead atoms. The molecular formula is C13H14ClN5O3. The van der Waals surface area contributed by atoms with Crippen LogP contribution in [-0.2, 0) is 0 Å². The molecule has 0 spiro atoms. The molecule has 8 nitrogen and oxygen atoms in total. The fourth-order valence-corrected chi connectivity index (χ4v) is 2.03. The average molecular weight is 324 g/mol. The molecular weight excluding hydrogens is 310 g/mol. The van der Waals surface area contributed by atoms with E-state index in [2.05, 4.69) is 15.3 Å². The van der Waals surface area contributed by atoms with E-state index in [9.17, 15) is 10.1 Å². The highest BCUT2D eigenvalue weighted by Gasteiger charge is 2.25. The number of nitro groups is 1. The maximum atomic E-state index is 11.4. The number of anilines is 3. The summed E-state index contributed by atoms with van der Waals surface area (Å²) in [4.78, 5) is 20.3. The molecule has 1 aromatic carbocycles. The number of benzene rings is 1. The van der Waals surface area contributed by atoms with Gasteiger partial charge >= 0.3 is 5.69 Å². The van der Waals surface area contributed by atoms with Crippen molar-refractivity contribution >= 4 is 34.6 Å². The van der Waals surface area contributed by atoms with E-state index in [1.807, 2.05) is 0 Å². The summed E-state index contributed by atoms with van der Waals surface area (Å²) in [6.45, 7) is 0. The van der Waals surface area contributed by atoms with Crippen LogP contribution in [0.3, 0.4) is 0 Å². The highest BCUT2D eigenvalue weighted by molar-refractivity contribution is 6.31. The molecule has 0 amide bonds. The molecule has 0 saturated heterocycles. The van der Waals surface area contributed by atoms with Crippen molar-refractivity contribution in [2.45, 2.75) is 0 Å². The first-order valence-corrected chi connectivity index (χ1v) is 6.59. The molecule has 0 aliphatic heterocycles. The van der Waals surface area contributed by atoms with Crippen LogP contribution in [0.2, 0.25) is 5.02 Å². The molecule has 1 N–H and O–H groups in total. The van der Waals surface area contributed by atoms with Crippen LogP contribution < -0.4 is 15.0 Å². The number of nitrogens with one attached hydrogen (secondary N) is 1. The molecule has 0 atom stereocenters. The lowest BCUT2D eigenvalue weighted by Gasteiger charge is -2.14. The van der Waals surface area contributed by atoms with Crippen molar-refractivity contribution in [2.75, 3.05) is 31.4 Å². The topological polar surface area (TPSA) is 93.4 Å². The van der Waals surface area contributed by atoms with Gasteiger partial charge in [-0.2, -0.15) is 0 Å². The Morgan fingerprint density at radius 3 is 2.68 bits per heavy atom. The van der Waals surface area contributed by atoms with Gasteiger partial charge in [-0.1, -0.05) is 11.6 Å². The van der Waals surface area contributed by atoms with E-state index < -0.39 is 4.92 Å². The Kier molecular flexibility index (Phi) is 4.62. The largest absolute Gasteiger partial charge is 0.495 e. The predicted molar refractivity (Wildman–Crippen MR) is 84.3 cm³/mol. The molecule has 2 aromatic rings. The van der Waals surface area contributed by atoms with E-state index >= 15 is 0 Å². The number of methoxy groups -OCH3 is 1. The maximum absolute atomic E-state index is 11.4. The summed E-state index contributed by atoms with van der Waals surface area (Å²) >= 11 is 5.95. The van der Waals surface area contributed by atoms with Crippen molar-refractivity contribution in [3.63, 3.8) is 0 Å². The normalized spacial score (nSPS) is 10.2. The molecule has 0 aliphatic carbocycles. The minimum absolute atomic E-state index is 0.0595. The van der Waals surface area contributed by atoms with Crippen LogP contribution in [0.4, 0.5) is 23.0 Å². The second kappa shape index (κ2) is 6.44. The van der Waals surface area contributed by atoms with Gasteiger partial charge in [0.15, 0.2) is 0 Å². The van der Waals surface area contributed by atoms with Gasteiger partial charge in [-0.15, -0.1) is 0 Å². The molecule has 2 rings (SSSR count). The fraction of sp³-hybridized carbons (Fsp3) is 0.231. The van der Waals surface area contributed by atoms with Crippen molar-refractivity contribution in [2.24, 2.45) is 0 Å². The third-order valence-electron chi connectivity index (χ3n) is 2.82. The van der Waals surface area contributed by atoms with Gasteiger partial charge < -0.3 is 15.0 Å². The molecule has 9 heteroatoms. The van der Waals surface area contributed by atoms with E-state index in [1.165, 1.54) is 13.4 Å². The number of hydrogen-bond acceptors (Lipinski definition) is 7. The van der Waals surface area contributed by atoms with Crippen LogP contribution in [0.5, 0.6) is 5.75 Å². The highest BCUT2D eigenvalue weighted by Crippen LogP contribution is 2.36. The molecule has 0 saturated carbocycles. The van der Waals surface area contributed by atoms with Crippen LogP contribution in [-0.4, -0.2) is 36.1 Å².